The molecule has 3 N–H and O–H groups in total. The summed E-state index contributed by atoms with van der Waals surface area (Å²) in [6.45, 7) is 8.39. The molecule has 1 aliphatic heterocycles. The molecule has 226 valence electrons. The first kappa shape index (κ1) is 29.6. The fourth-order valence-electron chi connectivity index (χ4n) is 4.77. The average Bonchev–Trinajstić information content (AvgIpc) is 3.59. The number of fused-ring (bicyclic) bond motifs is 1. The van der Waals surface area contributed by atoms with Crippen LogP contribution in [0.25, 0.3) is 10.9 Å². The standard InChI is InChI=1S/C29H29F5N8O/c1-17-11-21-27(31)23(14-22(30)28(21)37-17)43-16-36-26(15-24(35-3)38-25-12-18(2)39-40-25)42-9-7-41(8-10-42)20-6-4-5-19(13-20)29(32,33)34/h4-6,11-15,37H,3,7-10,16H2,1-2H3,(H2,38,39,40)/b24-15+,36-26+. The molecule has 0 spiro atoms. The second kappa shape index (κ2) is 12.2. The SMILES string of the molecule is C=N/C(=C\C(=N/COc1cc(F)c2[nH]c(C)cc2c1F)N1CCN(c2cccc(C(F)(F)F)c2)CC1)Nc1cc(C)[nH]n1. The normalized spacial score (nSPS) is 14.9. The molecule has 0 amide bonds. The van der Waals surface area contributed by atoms with Crippen LogP contribution in [0.3, 0.4) is 0 Å². The summed E-state index contributed by atoms with van der Waals surface area (Å²) in [4.78, 5) is 15.1. The number of halogens is 5. The Morgan fingerprint density at radius 3 is 2.53 bits per heavy atom. The molecule has 0 bridgehead atoms. The summed E-state index contributed by atoms with van der Waals surface area (Å²) in [6.07, 6.45) is -2.83. The third kappa shape index (κ3) is 6.79. The number of piperazine rings is 1. The number of aliphatic imine (C=N–C) groups is 2. The maximum absolute atomic E-state index is 15.1. The van der Waals surface area contributed by atoms with Gasteiger partial charge in [0.1, 0.15) is 11.7 Å². The van der Waals surface area contributed by atoms with Crippen LogP contribution in [-0.4, -0.2) is 65.5 Å². The lowest BCUT2D eigenvalue weighted by molar-refractivity contribution is -0.137. The van der Waals surface area contributed by atoms with Crippen molar-refractivity contribution >= 4 is 35.0 Å². The van der Waals surface area contributed by atoms with Crippen LogP contribution in [0.5, 0.6) is 5.75 Å². The summed E-state index contributed by atoms with van der Waals surface area (Å²) in [5.74, 6) is -0.471. The average molecular weight is 601 g/mol. The molecule has 14 heteroatoms. The number of hydrogen-bond acceptors (Lipinski definition) is 6. The maximum Gasteiger partial charge on any atom is 0.416 e. The summed E-state index contributed by atoms with van der Waals surface area (Å²) >= 11 is 0. The summed E-state index contributed by atoms with van der Waals surface area (Å²) < 4.78 is 74.9. The van der Waals surface area contributed by atoms with Gasteiger partial charge in [-0.2, -0.15) is 18.3 Å². The zero-order chi connectivity index (χ0) is 30.7. The maximum atomic E-state index is 15.1. The van der Waals surface area contributed by atoms with Crippen molar-refractivity contribution in [2.75, 3.05) is 43.1 Å². The van der Waals surface area contributed by atoms with E-state index in [2.05, 4.69) is 37.2 Å². The highest BCUT2D eigenvalue weighted by Gasteiger charge is 2.31. The van der Waals surface area contributed by atoms with E-state index in [1.54, 1.807) is 25.1 Å². The van der Waals surface area contributed by atoms with Crippen LogP contribution in [0.2, 0.25) is 0 Å². The van der Waals surface area contributed by atoms with Crippen molar-refractivity contribution in [2.24, 2.45) is 9.98 Å². The van der Waals surface area contributed by atoms with Crippen molar-refractivity contribution in [3.8, 4) is 5.75 Å². The quantitative estimate of drug-likeness (QED) is 0.131. The number of aryl methyl sites for hydroxylation is 2. The number of nitrogens with zero attached hydrogens (tertiary/aromatic N) is 5. The minimum absolute atomic E-state index is 0.0505. The number of anilines is 2. The lowest BCUT2D eigenvalue weighted by Crippen LogP contribution is -2.48. The van der Waals surface area contributed by atoms with Crippen molar-refractivity contribution < 1.29 is 26.7 Å². The molecule has 1 saturated heterocycles. The van der Waals surface area contributed by atoms with Gasteiger partial charge in [-0.05, 0) is 44.8 Å². The number of nitrogens with one attached hydrogen (secondary N) is 3. The Kier molecular flexibility index (Phi) is 8.37. The number of rotatable bonds is 8. The van der Waals surface area contributed by atoms with E-state index >= 15 is 4.39 Å². The molecule has 0 unspecified atom stereocenters. The van der Waals surface area contributed by atoms with Gasteiger partial charge in [0.05, 0.1) is 11.1 Å². The van der Waals surface area contributed by atoms with E-state index in [-0.39, 0.29) is 23.4 Å². The molecule has 43 heavy (non-hydrogen) atoms. The van der Waals surface area contributed by atoms with Crippen molar-refractivity contribution in [1.82, 2.24) is 20.1 Å². The summed E-state index contributed by atoms with van der Waals surface area (Å²) in [5, 5.41) is 10.0. The Hall–Kier alpha value is -4.88. The molecular formula is C29H29F5N8O. The fourth-order valence-corrected chi connectivity index (χ4v) is 4.77. The molecule has 5 rings (SSSR count). The molecular weight excluding hydrogens is 571 g/mol. The molecule has 0 saturated carbocycles. The lowest BCUT2D eigenvalue weighted by atomic mass is 10.1. The first-order valence-electron chi connectivity index (χ1n) is 13.3. The van der Waals surface area contributed by atoms with Gasteiger partial charge in [-0.3, -0.25) is 5.10 Å². The smallest absolute Gasteiger partial charge is 0.416 e. The lowest BCUT2D eigenvalue weighted by Gasteiger charge is -2.37. The number of ether oxygens (including phenoxy) is 1. The molecule has 3 heterocycles. The van der Waals surface area contributed by atoms with E-state index < -0.39 is 23.4 Å². The van der Waals surface area contributed by atoms with Crippen LogP contribution in [-0.2, 0) is 6.18 Å². The first-order chi connectivity index (χ1) is 20.5. The Labute approximate surface area is 243 Å². The highest BCUT2D eigenvalue weighted by molar-refractivity contribution is 5.94. The highest BCUT2D eigenvalue weighted by atomic mass is 19.4. The van der Waals surface area contributed by atoms with Crippen LogP contribution >= 0.6 is 0 Å². The van der Waals surface area contributed by atoms with Gasteiger partial charge in [-0.25, -0.2) is 18.8 Å². The van der Waals surface area contributed by atoms with E-state index in [0.29, 0.717) is 55.0 Å². The molecule has 0 atom stereocenters. The van der Waals surface area contributed by atoms with Gasteiger partial charge >= 0.3 is 6.18 Å². The van der Waals surface area contributed by atoms with Crippen molar-refractivity contribution in [2.45, 2.75) is 20.0 Å². The molecule has 1 aliphatic rings. The third-order valence-electron chi connectivity index (χ3n) is 6.89. The molecule has 0 aliphatic carbocycles. The molecule has 2 aromatic carbocycles. The van der Waals surface area contributed by atoms with E-state index in [4.69, 9.17) is 4.74 Å². The van der Waals surface area contributed by atoms with Crippen LogP contribution in [0.15, 0.2) is 64.3 Å². The summed E-state index contributed by atoms with van der Waals surface area (Å²) in [7, 11) is 0. The van der Waals surface area contributed by atoms with Gasteiger partial charge in [0, 0.05) is 66.8 Å². The minimum Gasteiger partial charge on any atom is -0.468 e. The van der Waals surface area contributed by atoms with Crippen LogP contribution in [0.1, 0.15) is 17.0 Å². The molecule has 4 aromatic rings. The van der Waals surface area contributed by atoms with Crippen molar-refractivity contribution in [3.63, 3.8) is 0 Å². The Morgan fingerprint density at radius 2 is 1.86 bits per heavy atom. The van der Waals surface area contributed by atoms with E-state index in [9.17, 15) is 17.6 Å². The topological polar surface area (TPSA) is 96.9 Å². The minimum atomic E-state index is -4.44. The van der Waals surface area contributed by atoms with Crippen LogP contribution in [0.4, 0.5) is 33.5 Å². The van der Waals surface area contributed by atoms with Crippen LogP contribution in [0, 0.1) is 25.5 Å². The molecule has 2 aromatic heterocycles. The molecule has 9 nitrogen and oxygen atoms in total. The van der Waals surface area contributed by atoms with Gasteiger partial charge in [0.2, 0.25) is 0 Å². The van der Waals surface area contributed by atoms with Gasteiger partial charge in [0.25, 0.3) is 0 Å². The third-order valence-corrected chi connectivity index (χ3v) is 6.89. The number of benzene rings is 2. The van der Waals surface area contributed by atoms with E-state index in [0.717, 1.165) is 23.9 Å². The number of alkyl halides is 3. The Morgan fingerprint density at radius 1 is 1.09 bits per heavy atom. The van der Waals surface area contributed by atoms with Crippen molar-refractivity contribution in [3.05, 3.63) is 82.9 Å². The summed E-state index contributed by atoms with van der Waals surface area (Å²) in [6, 6.07) is 9.41. The molecule has 1 fully saturated rings. The van der Waals surface area contributed by atoms with Crippen molar-refractivity contribution in [1.29, 1.82) is 0 Å². The van der Waals surface area contributed by atoms with Gasteiger partial charge in [-0.1, -0.05) is 6.07 Å². The predicted octanol–water partition coefficient (Wildman–Crippen LogP) is 6.02. The Balaban J connectivity index is 1.37. The predicted molar refractivity (Wildman–Crippen MR) is 156 cm³/mol. The molecule has 0 radical (unpaired) electrons. The largest absolute Gasteiger partial charge is 0.468 e. The van der Waals surface area contributed by atoms with Gasteiger partial charge in [-0.15, -0.1) is 0 Å². The Bertz CT molecular complexity index is 1680. The first-order valence-corrected chi connectivity index (χ1v) is 13.3. The van der Waals surface area contributed by atoms with E-state index in [1.807, 2.05) is 16.7 Å². The second-order valence-electron chi connectivity index (χ2n) is 9.97. The number of aromatic nitrogens is 3. The number of aromatic amines is 2. The zero-order valence-corrected chi connectivity index (χ0v) is 23.4. The number of hydrogen-bond donors (Lipinski definition) is 3. The zero-order valence-electron chi connectivity index (χ0n) is 23.4. The fraction of sp³-hybridized carbons (Fsp3) is 0.276. The van der Waals surface area contributed by atoms with Crippen LogP contribution < -0.4 is 15.0 Å². The highest BCUT2D eigenvalue weighted by Crippen LogP contribution is 2.32. The van der Waals surface area contributed by atoms with E-state index in [1.165, 1.54) is 12.1 Å². The number of H-pyrrole nitrogens is 2. The second-order valence-corrected chi connectivity index (χ2v) is 9.97. The number of amidine groups is 1. The van der Waals surface area contributed by atoms with Gasteiger partial charge in [0.15, 0.2) is 29.9 Å². The monoisotopic (exact) mass is 600 g/mol. The summed E-state index contributed by atoms with van der Waals surface area (Å²) in [5.41, 5.74) is 1.22. The van der Waals surface area contributed by atoms with Gasteiger partial charge < -0.3 is 24.8 Å².